The lowest BCUT2D eigenvalue weighted by atomic mass is 9.88. The average molecular weight is 580 g/mol. The second-order valence-corrected chi connectivity index (χ2v) is 9.10. The topological polar surface area (TPSA) is 92.5 Å². The number of nitrogens with two attached hydrogens (primary N) is 2. The lowest BCUT2D eigenvalue weighted by Crippen LogP contribution is -2.40. The van der Waals surface area contributed by atoms with Gasteiger partial charge in [0.1, 0.15) is 0 Å². The van der Waals surface area contributed by atoms with Crippen molar-refractivity contribution in [3.05, 3.63) is 55.5 Å². The van der Waals surface area contributed by atoms with Crippen LogP contribution < -0.4 is 11.5 Å². The van der Waals surface area contributed by atoms with Crippen LogP contribution in [0, 0.1) is 0 Å². The van der Waals surface area contributed by atoms with E-state index in [0.717, 1.165) is 12.1 Å². The molecule has 0 fully saturated rings. The van der Waals surface area contributed by atoms with E-state index in [1.807, 2.05) is 0 Å². The van der Waals surface area contributed by atoms with Crippen molar-refractivity contribution in [2.24, 2.45) is 0 Å². The van der Waals surface area contributed by atoms with E-state index in [1.165, 1.54) is 12.1 Å². The zero-order valence-corrected chi connectivity index (χ0v) is 19.3. The molecule has 2 aromatic rings. The van der Waals surface area contributed by atoms with E-state index in [2.05, 4.69) is 31.9 Å². The molecule has 2 rings (SSSR count). The Morgan fingerprint density at radius 3 is 1.26 bits per heavy atom. The molecule has 0 amide bonds. The van der Waals surface area contributed by atoms with E-state index in [0.29, 0.717) is 13.8 Å². The average Bonchev–Trinajstić information content (AvgIpc) is 2.58. The number of benzene rings is 2. The van der Waals surface area contributed by atoms with Crippen molar-refractivity contribution in [2.45, 2.75) is 43.8 Å². The van der Waals surface area contributed by atoms with Crippen LogP contribution in [0.25, 0.3) is 0 Å². The number of anilines is 2. The molecule has 2 aromatic carbocycles. The fraction of sp³-hybridized carbons (Fsp3) is 0.368. The summed E-state index contributed by atoms with van der Waals surface area (Å²) >= 11 is 6.09. The molecule has 0 aliphatic carbocycles. The van der Waals surface area contributed by atoms with E-state index in [1.54, 1.807) is 0 Å². The van der Waals surface area contributed by atoms with Gasteiger partial charge in [-0.3, -0.25) is 0 Å². The standard InChI is InChI=1S/C19H18Br2F6N2O2/c1-16(30,18(22,23)24)10-4-8(6-12(20)14(10)28)3-9-5-11(15(29)13(21)7-9)17(2,31)19(25,26)27/h4-7,30-31H,3,28-29H2,1-2H3. The number of nitrogen functional groups attached to an aromatic ring is 2. The maximum absolute atomic E-state index is 13.3. The quantitative estimate of drug-likeness (QED) is 0.284. The lowest BCUT2D eigenvalue weighted by Gasteiger charge is -2.29. The van der Waals surface area contributed by atoms with E-state index >= 15 is 0 Å². The number of halogens is 8. The molecule has 12 heteroatoms. The minimum Gasteiger partial charge on any atom is -0.397 e. The van der Waals surface area contributed by atoms with Crippen LogP contribution in [0.15, 0.2) is 33.2 Å². The molecule has 4 nitrogen and oxygen atoms in total. The van der Waals surface area contributed by atoms with Gasteiger partial charge in [-0.25, -0.2) is 0 Å². The summed E-state index contributed by atoms with van der Waals surface area (Å²) in [7, 11) is 0. The summed E-state index contributed by atoms with van der Waals surface area (Å²) in [6.45, 7) is 1.10. The van der Waals surface area contributed by atoms with Gasteiger partial charge in [-0.15, -0.1) is 0 Å². The van der Waals surface area contributed by atoms with Gasteiger partial charge in [0.15, 0.2) is 11.2 Å². The second kappa shape index (κ2) is 8.13. The molecule has 0 aliphatic rings. The molecule has 2 atom stereocenters. The molecule has 0 aromatic heterocycles. The maximum Gasteiger partial charge on any atom is 0.421 e. The number of hydrogen-bond acceptors (Lipinski definition) is 4. The monoisotopic (exact) mass is 578 g/mol. The van der Waals surface area contributed by atoms with E-state index in [-0.39, 0.29) is 37.9 Å². The first-order chi connectivity index (χ1) is 13.8. The summed E-state index contributed by atoms with van der Waals surface area (Å²) in [5.74, 6) is 0. The van der Waals surface area contributed by atoms with Gasteiger partial charge in [0.05, 0.1) is 11.4 Å². The Morgan fingerprint density at radius 1 is 0.710 bits per heavy atom. The summed E-state index contributed by atoms with van der Waals surface area (Å²) in [5.41, 5.74) is 3.46. The van der Waals surface area contributed by atoms with Crippen molar-refractivity contribution >= 4 is 43.2 Å². The van der Waals surface area contributed by atoms with Crippen LogP contribution in [0.1, 0.15) is 36.1 Å². The summed E-state index contributed by atoms with van der Waals surface area (Å²) < 4.78 is 80.0. The third-order valence-corrected chi connectivity index (χ3v) is 6.25. The van der Waals surface area contributed by atoms with Crippen LogP contribution in [0.4, 0.5) is 37.7 Å². The Morgan fingerprint density at radius 2 is 1.00 bits per heavy atom. The lowest BCUT2D eigenvalue weighted by molar-refractivity contribution is -0.258. The first kappa shape index (κ1) is 25.8. The van der Waals surface area contributed by atoms with Crippen molar-refractivity contribution in [3.8, 4) is 0 Å². The summed E-state index contributed by atoms with van der Waals surface area (Å²) in [6, 6.07) is 4.83. The third-order valence-electron chi connectivity index (χ3n) is 4.94. The van der Waals surface area contributed by atoms with Crippen LogP contribution in [0.3, 0.4) is 0 Å². The van der Waals surface area contributed by atoms with Crippen LogP contribution in [0.2, 0.25) is 0 Å². The Bertz CT molecular complexity index is 925. The summed E-state index contributed by atoms with van der Waals surface area (Å²) in [5, 5.41) is 20.1. The fourth-order valence-corrected chi connectivity index (χ4v) is 3.91. The number of hydrogen-bond donors (Lipinski definition) is 4. The highest BCUT2D eigenvalue weighted by Gasteiger charge is 2.53. The van der Waals surface area contributed by atoms with Crippen molar-refractivity contribution < 1.29 is 36.6 Å². The normalized spacial score (nSPS) is 16.6. The molecule has 6 N–H and O–H groups in total. The predicted molar refractivity (Wildman–Crippen MR) is 111 cm³/mol. The van der Waals surface area contributed by atoms with Crippen molar-refractivity contribution in [2.75, 3.05) is 11.5 Å². The highest BCUT2D eigenvalue weighted by molar-refractivity contribution is 9.11. The number of alkyl halides is 6. The van der Waals surface area contributed by atoms with Crippen molar-refractivity contribution in [3.63, 3.8) is 0 Å². The molecular weight excluding hydrogens is 562 g/mol. The summed E-state index contributed by atoms with van der Waals surface area (Å²) in [6.07, 6.45) is -10.2. The molecule has 0 bridgehead atoms. The van der Waals surface area contributed by atoms with Crippen LogP contribution >= 0.6 is 31.9 Å². The largest absolute Gasteiger partial charge is 0.421 e. The van der Waals surface area contributed by atoms with Crippen LogP contribution in [0.5, 0.6) is 0 Å². The van der Waals surface area contributed by atoms with Gasteiger partial charge in [-0.05, 0) is 75.4 Å². The van der Waals surface area contributed by atoms with Gasteiger partial charge < -0.3 is 21.7 Å². The third kappa shape index (κ3) is 4.81. The number of aliphatic hydroxyl groups is 2. The Labute approximate surface area is 190 Å². The molecule has 0 radical (unpaired) electrons. The van der Waals surface area contributed by atoms with Gasteiger partial charge in [-0.1, -0.05) is 12.1 Å². The van der Waals surface area contributed by atoms with Crippen molar-refractivity contribution in [1.29, 1.82) is 0 Å². The van der Waals surface area contributed by atoms with Gasteiger partial charge in [0.25, 0.3) is 0 Å². The first-order valence-electron chi connectivity index (χ1n) is 8.55. The van der Waals surface area contributed by atoms with Crippen LogP contribution in [-0.4, -0.2) is 22.6 Å². The van der Waals surface area contributed by atoms with E-state index < -0.39 is 34.7 Å². The zero-order chi connectivity index (χ0) is 24.2. The van der Waals surface area contributed by atoms with Gasteiger partial charge >= 0.3 is 12.4 Å². The second-order valence-electron chi connectivity index (χ2n) is 7.39. The molecule has 0 spiro atoms. The molecule has 2 unspecified atom stereocenters. The fourth-order valence-electron chi connectivity index (χ4n) is 2.90. The van der Waals surface area contributed by atoms with Crippen LogP contribution in [-0.2, 0) is 17.6 Å². The molecule has 0 aliphatic heterocycles. The highest BCUT2D eigenvalue weighted by Crippen LogP contribution is 2.45. The maximum atomic E-state index is 13.3. The molecular formula is C19H18Br2F6N2O2. The van der Waals surface area contributed by atoms with Gasteiger partial charge in [0, 0.05) is 20.1 Å². The van der Waals surface area contributed by atoms with E-state index in [9.17, 15) is 36.6 Å². The highest BCUT2D eigenvalue weighted by atomic mass is 79.9. The Hall–Kier alpha value is -1.50. The molecule has 31 heavy (non-hydrogen) atoms. The van der Waals surface area contributed by atoms with Gasteiger partial charge in [-0.2, -0.15) is 26.3 Å². The zero-order valence-electron chi connectivity index (χ0n) is 16.1. The Balaban J connectivity index is 2.61. The smallest absolute Gasteiger partial charge is 0.397 e. The minimum absolute atomic E-state index is 0.0709. The minimum atomic E-state index is -5.03. The number of rotatable bonds is 4. The SMILES string of the molecule is CC(O)(c1cc(Cc2cc(Br)c(N)c(C(C)(O)C(F)(F)F)c2)cc(Br)c1N)C(F)(F)F. The molecule has 0 saturated heterocycles. The first-order valence-corrected chi connectivity index (χ1v) is 10.1. The Kier molecular flexibility index (Phi) is 6.75. The molecule has 0 heterocycles. The molecule has 172 valence electrons. The van der Waals surface area contributed by atoms with Gasteiger partial charge in [0.2, 0.25) is 0 Å². The van der Waals surface area contributed by atoms with Crippen molar-refractivity contribution in [1.82, 2.24) is 0 Å². The van der Waals surface area contributed by atoms with E-state index in [4.69, 9.17) is 11.5 Å². The summed E-state index contributed by atoms with van der Waals surface area (Å²) in [4.78, 5) is 0. The predicted octanol–water partition coefficient (Wildman–Crippen LogP) is 5.51. The molecule has 0 saturated carbocycles.